The van der Waals surface area contributed by atoms with Crippen LogP contribution in [0.15, 0.2) is 18.2 Å². The van der Waals surface area contributed by atoms with Crippen LogP contribution in [0.2, 0.25) is 5.02 Å². The molecule has 0 spiro atoms. The molecule has 1 N–H and O–H groups in total. The molecule has 1 rings (SSSR count). The fraction of sp³-hybridized carbons (Fsp3) is 0.471. The highest BCUT2D eigenvalue weighted by atomic mass is 35.5. The van der Waals surface area contributed by atoms with Crippen molar-refractivity contribution in [3.8, 4) is 11.5 Å². The Morgan fingerprint density at radius 2 is 2.14 bits per heavy atom. The van der Waals surface area contributed by atoms with E-state index in [0.29, 0.717) is 23.1 Å². The van der Waals surface area contributed by atoms with Gasteiger partial charge in [0.2, 0.25) is 5.91 Å². The number of carbonyl (C=O) groups is 1. The topological polar surface area (TPSA) is 47.6 Å². The van der Waals surface area contributed by atoms with E-state index in [9.17, 15) is 4.79 Å². The van der Waals surface area contributed by atoms with Crippen molar-refractivity contribution in [2.24, 2.45) is 0 Å². The van der Waals surface area contributed by atoms with Gasteiger partial charge in [0.05, 0.1) is 18.2 Å². The van der Waals surface area contributed by atoms with E-state index in [2.05, 4.69) is 12.2 Å². The summed E-state index contributed by atoms with van der Waals surface area (Å²) in [5.74, 6) is 0.946. The summed E-state index contributed by atoms with van der Waals surface area (Å²) < 4.78 is 11.0. The highest BCUT2D eigenvalue weighted by Gasteiger charge is 2.12. The van der Waals surface area contributed by atoms with Gasteiger partial charge >= 0.3 is 0 Å². The van der Waals surface area contributed by atoms with Crippen molar-refractivity contribution in [2.75, 3.05) is 13.7 Å². The lowest BCUT2D eigenvalue weighted by Gasteiger charge is -2.15. The summed E-state index contributed by atoms with van der Waals surface area (Å²) in [6.45, 7) is 6.61. The summed E-state index contributed by atoms with van der Waals surface area (Å²) in [5, 5.41) is 3.28. The first-order valence-corrected chi connectivity index (χ1v) is 7.85. The molecule has 122 valence electrons. The Morgan fingerprint density at radius 1 is 1.41 bits per heavy atom. The minimum Gasteiger partial charge on any atom is -0.493 e. The molecule has 4 nitrogen and oxygen atoms in total. The number of ether oxygens (including phenoxy) is 2. The molecule has 0 saturated carbocycles. The molecule has 1 aromatic carbocycles. The molecule has 0 aliphatic rings. The molecule has 0 fully saturated rings. The molecule has 0 saturated heterocycles. The number of carbonyl (C=O) groups excluding carboxylic acids is 1. The van der Waals surface area contributed by atoms with Gasteiger partial charge in [-0.3, -0.25) is 4.79 Å². The van der Waals surface area contributed by atoms with E-state index < -0.39 is 0 Å². The number of benzene rings is 1. The van der Waals surface area contributed by atoms with Crippen LogP contribution in [0, 0.1) is 0 Å². The van der Waals surface area contributed by atoms with E-state index in [-0.39, 0.29) is 12.0 Å². The molecule has 0 radical (unpaired) electrons. The third-order valence-corrected chi connectivity index (χ3v) is 3.14. The second-order valence-corrected chi connectivity index (χ2v) is 5.59. The molecule has 1 amide bonds. The Labute approximate surface area is 137 Å². The monoisotopic (exact) mass is 325 g/mol. The van der Waals surface area contributed by atoms with Crippen molar-refractivity contribution < 1.29 is 14.3 Å². The molecular weight excluding hydrogens is 302 g/mol. The molecule has 0 unspecified atom stereocenters. The maximum atomic E-state index is 11.7. The maximum absolute atomic E-state index is 11.7. The van der Waals surface area contributed by atoms with E-state index in [4.69, 9.17) is 21.1 Å². The third kappa shape index (κ3) is 5.98. The van der Waals surface area contributed by atoms with Crippen molar-refractivity contribution in [3.05, 3.63) is 28.8 Å². The number of hydrogen-bond donors (Lipinski definition) is 1. The van der Waals surface area contributed by atoms with Crippen LogP contribution in [0.1, 0.15) is 39.2 Å². The number of hydrogen-bond acceptors (Lipinski definition) is 3. The molecule has 0 heterocycles. The summed E-state index contributed by atoms with van der Waals surface area (Å²) in [6.07, 6.45) is 5.21. The Bertz CT molecular complexity index is 527. The average molecular weight is 326 g/mol. The lowest BCUT2D eigenvalue weighted by Crippen LogP contribution is -2.21. The smallest absolute Gasteiger partial charge is 0.243 e. The van der Waals surface area contributed by atoms with Crippen LogP contribution in [0.4, 0.5) is 0 Å². The van der Waals surface area contributed by atoms with Gasteiger partial charge in [-0.1, -0.05) is 24.9 Å². The fourth-order valence-corrected chi connectivity index (χ4v) is 2.07. The van der Waals surface area contributed by atoms with Crippen LogP contribution >= 0.6 is 11.6 Å². The molecule has 1 aromatic rings. The van der Waals surface area contributed by atoms with Gasteiger partial charge in [-0.05, 0) is 44.0 Å². The maximum Gasteiger partial charge on any atom is 0.243 e. The van der Waals surface area contributed by atoms with Gasteiger partial charge in [0.15, 0.2) is 11.5 Å². The summed E-state index contributed by atoms with van der Waals surface area (Å²) in [5.41, 5.74) is 0.781. The van der Waals surface area contributed by atoms with Gasteiger partial charge in [-0.25, -0.2) is 0 Å². The molecule has 22 heavy (non-hydrogen) atoms. The van der Waals surface area contributed by atoms with E-state index in [1.807, 2.05) is 13.8 Å². The average Bonchev–Trinajstić information content (AvgIpc) is 2.47. The summed E-state index contributed by atoms with van der Waals surface area (Å²) in [7, 11) is 1.56. The number of methoxy groups -OCH3 is 1. The van der Waals surface area contributed by atoms with Gasteiger partial charge in [-0.2, -0.15) is 0 Å². The number of nitrogens with one attached hydrogen (secondary N) is 1. The molecular formula is C17H24ClNO3. The zero-order valence-corrected chi connectivity index (χ0v) is 14.4. The normalized spacial score (nSPS) is 11.0. The Kier molecular flexibility index (Phi) is 7.82. The van der Waals surface area contributed by atoms with Crippen molar-refractivity contribution >= 4 is 23.6 Å². The second kappa shape index (κ2) is 9.36. The quantitative estimate of drug-likeness (QED) is 0.579. The van der Waals surface area contributed by atoms with Gasteiger partial charge in [-0.15, -0.1) is 0 Å². The van der Waals surface area contributed by atoms with Crippen molar-refractivity contribution in [1.29, 1.82) is 0 Å². The fourth-order valence-electron chi connectivity index (χ4n) is 1.81. The Balaban J connectivity index is 2.84. The lowest BCUT2D eigenvalue weighted by molar-refractivity contribution is -0.116. The molecule has 0 aromatic heterocycles. The van der Waals surface area contributed by atoms with Crippen LogP contribution < -0.4 is 14.8 Å². The van der Waals surface area contributed by atoms with Crippen LogP contribution in [-0.2, 0) is 4.79 Å². The van der Waals surface area contributed by atoms with Crippen LogP contribution in [0.25, 0.3) is 6.08 Å². The SMILES string of the molecule is CCCCNC(=O)/C=C/c1cc(Cl)c(OC(C)C)c(OC)c1. The number of rotatable bonds is 8. The minimum absolute atomic E-state index is 0.00265. The van der Waals surface area contributed by atoms with Crippen LogP contribution in [0.5, 0.6) is 11.5 Å². The highest BCUT2D eigenvalue weighted by molar-refractivity contribution is 6.32. The molecule has 0 aliphatic heterocycles. The molecule has 0 bridgehead atoms. The van der Waals surface area contributed by atoms with Gasteiger partial charge < -0.3 is 14.8 Å². The summed E-state index contributed by atoms with van der Waals surface area (Å²) in [6, 6.07) is 3.54. The first kappa shape index (κ1) is 18.4. The molecule has 0 aliphatic carbocycles. The predicted molar refractivity (Wildman–Crippen MR) is 90.7 cm³/mol. The van der Waals surface area contributed by atoms with Crippen molar-refractivity contribution in [1.82, 2.24) is 5.32 Å². The first-order chi connectivity index (χ1) is 10.5. The van der Waals surface area contributed by atoms with Crippen LogP contribution in [-0.4, -0.2) is 25.7 Å². The van der Waals surface area contributed by atoms with Crippen LogP contribution in [0.3, 0.4) is 0 Å². The van der Waals surface area contributed by atoms with Gasteiger partial charge in [0, 0.05) is 12.6 Å². The van der Waals surface area contributed by atoms with E-state index in [1.165, 1.54) is 6.08 Å². The largest absolute Gasteiger partial charge is 0.493 e. The minimum atomic E-state index is -0.119. The van der Waals surface area contributed by atoms with Crippen molar-refractivity contribution in [3.63, 3.8) is 0 Å². The third-order valence-electron chi connectivity index (χ3n) is 2.86. The molecule has 0 atom stereocenters. The Hall–Kier alpha value is -1.68. The number of halogens is 1. The van der Waals surface area contributed by atoms with E-state index >= 15 is 0 Å². The van der Waals surface area contributed by atoms with Gasteiger partial charge in [0.1, 0.15) is 0 Å². The standard InChI is InChI=1S/C17H24ClNO3/c1-5-6-9-19-16(20)8-7-13-10-14(18)17(22-12(2)3)15(11-13)21-4/h7-8,10-12H,5-6,9H2,1-4H3,(H,19,20)/b8-7+. The summed E-state index contributed by atoms with van der Waals surface area (Å²) >= 11 is 6.24. The zero-order chi connectivity index (χ0) is 16.5. The highest BCUT2D eigenvalue weighted by Crippen LogP contribution is 2.37. The summed E-state index contributed by atoms with van der Waals surface area (Å²) in [4.78, 5) is 11.7. The van der Waals surface area contributed by atoms with E-state index in [0.717, 1.165) is 18.4 Å². The lowest BCUT2D eigenvalue weighted by atomic mass is 10.2. The van der Waals surface area contributed by atoms with Gasteiger partial charge in [0.25, 0.3) is 0 Å². The number of amides is 1. The predicted octanol–water partition coefficient (Wildman–Crippen LogP) is 4.07. The molecule has 5 heteroatoms. The zero-order valence-electron chi connectivity index (χ0n) is 13.6. The second-order valence-electron chi connectivity index (χ2n) is 5.18. The number of unbranched alkanes of at least 4 members (excludes halogenated alkanes) is 1. The van der Waals surface area contributed by atoms with Crippen molar-refractivity contribution in [2.45, 2.75) is 39.7 Å². The Morgan fingerprint density at radius 3 is 2.73 bits per heavy atom. The van der Waals surface area contributed by atoms with E-state index in [1.54, 1.807) is 25.3 Å². The first-order valence-electron chi connectivity index (χ1n) is 7.48.